The topological polar surface area (TPSA) is 77.6 Å². The van der Waals surface area contributed by atoms with Gasteiger partial charge in [-0.05, 0) is 25.1 Å². The minimum Gasteiger partial charge on any atom is -0.488 e. The lowest BCUT2D eigenvalue weighted by Gasteiger charge is -2.17. The van der Waals surface area contributed by atoms with Crippen LogP contribution in [0.4, 0.5) is 0 Å². The van der Waals surface area contributed by atoms with Crippen molar-refractivity contribution in [2.75, 3.05) is 13.1 Å². The van der Waals surface area contributed by atoms with Gasteiger partial charge in [0.2, 0.25) is 0 Å². The highest BCUT2D eigenvalue weighted by molar-refractivity contribution is 9.10. The monoisotopic (exact) mass is 431 g/mol. The molecule has 1 aromatic carbocycles. The molecule has 0 saturated carbocycles. The van der Waals surface area contributed by atoms with Gasteiger partial charge in [-0.2, -0.15) is 5.10 Å². The molecule has 1 aliphatic rings. The van der Waals surface area contributed by atoms with Gasteiger partial charge in [0.25, 0.3) is 5.91 Å². The van der Waals surface area contributed by atoms with E-state index in [9.17, 15) is 9.59 Å². The number of benzene rings is 1. The molecule has 27 heavy (non-hydrogen) atoms. The van der Waals surface area contributed by atoms with Crippen LogP contribution in [-0.4, -0.2) is 39.8 Å². The van der Waals surface area contributed by atoms with Crippen LogP contribution >= 0.6 is 15.9 Å². The van der Waals surface area contributed by atoms with Crippen molar-refractivity contribution in [2.45, 2.75) is 19.4 Å². The van der Waals surface area contributed by atoms with Crippen LogP contribution in [-0.2, 0) is 7.05 Å². The molecule has 1 unspecified atom stereocenters. The summed E-state index contributed by atoms with van der Waals surface area (Å²) in [5, 5.41) is 5.26. The van der Waals surface area contributed by atoms with Crippen LogP contribution in [0.3, 0.4) is 0 Å². The number of nitrogens with zero attached hydrogens (tertiary/aromatic N) is 3. The van der Waals surface area contributed by atoms with Crippen molar-refractivity contribution in [1.29, 1.82) is 0 Å². The molecular formula is C19H18BrN3O4. The third kappa shape index (κ3) is 3.49. The molecule has 1 atom stereocenters. The third-order valence-electron chi connectivity index (χ3n) is 4.60. The van der Waals surface area contributed by atoms with Gasteiger partial charge in [0, 0.05) is 35.9 Å². The van der Waals surface area contributed by atoms with Gasteiger partial charge in [0.1, 0.15) is 23.3 Å². The fraction of sp³-hybridized carbons (Fsp3) is 0.316. The van der Waals surface area contributed by atoms with Gasteiger partial charge in [-0.25, -0.2) is 4.79 Å². The predicted octanol–water partition coefficient (Wildman–Crippen LogP) is 2.89. The molecule has 1 fully saturated rings. The standard InChI is InChI=1S/C19H18BrN3O4/c1-11-7-14(9-17(24)26-11)27-13-5-6-23(10-13)19(25)18-15-4-3-12(20)8-16(15)21-22(18)2/h3-4,7-9,13H,5-6,10H2,1-2H3. The third-order valence-corrected chi connectivity index (χ3v) is 5.09. The number of ether oxygens (including phenoxy) is 1. The molecule has 140 valence electrons. The first-order valence-electron chi connectivity index (χ1n) is 8.61. The highest BCUT2D eigenvalue weighted by atomic mass is 79.9. The molecule has 0 N–H and O–H groups in total. The summed E-state index contributed by atoms with van der Waals surface area (Å²) >= 11 is 3.43. The lowest BCUT2D eigenvalue weighted by Crippen LogP contribution is -2.32. The van der Waals surface area contributed by atoms with Gasteiger partial charge < -0.3 is 14.1 Å². The molecule has 7 nitrogen and oxygen atoms in total. The Balaban J connectivity index is 1.53. The molecule has 1 amide bonds. The van der Waals surface area contributed by atoms with E-state index in [-0.39, 0.29) is 12.0 Å². The number of hydrogen-bond donors (Lipinski definition) is 0. The van der Waals surface area contributed by atoms with E-state index in [2.05, 4.69) is 21.0 Å². The van der Waals surface area contributed by atoms with Gasteiger partial charge in [-0.3, -0.25) is 9.48 Å². The first-order valence-corrected chi connectivity index (χ1v) is 9.40. The van der Waals surface area contributed by atoms with Gasteiger partial charge in [-0.1, -0.05) is 15.9 Å². The molecule has 0 aliphatic carbocycles. The number of hydrogen-bond acceptors (Lipinski definition) is 5. The highest BCUT2D eigenvalue weighted by Gasteiger charge is 2.31. The quantitative estimate of drug-likeness (QED) is 0.636. The highest BCUT2D eigenvalue weighted by Crippen LogP contribution is 2.25. The van der Waals surface area contributed by atoms with Crippen LogP contribution in [0.2, 0.25) is 0 Å². The Morgan fingerprint density at radius 1 is 1.33 bits per heavy atom. The molecular weight excluding hydrogens is 414 g/mol. The first-order chi connectivity index (χ1) is 12.9. The van der Waals surface area contributed by atoms with Crippen molar-refractivity contribution in [3.05, 3.63) is 56.7 Å². The molecule has 0 spiro atoms. The van der Waals surface area contributed by atoms with Crippen LogP contribution in [0.5, 0.6) is 5.75 Å². The summed E-state index contributed by atoms with van der Waals surface area (Å²) in [5.74, 6) is 0.895. The number of amides is 1. The fourth-order valence-corrected chi connectivity index (χ4v) is 3.77. The van der Waals surface area contributed by atoms with E-state index in [0.29, 0.717) is 36.7 Å². The van der Waals surface area contributed by atoms with E-state index in [1.165, 1.54) is 6.07 Å². The molecule has 3 aromatic rings. The fourth-order valence-electron chi connectivity index (χ4n) is 3.42. The average Bonchev–Trinajstić information content (AvgIpc) is 3.16. The number of rotatable bonds is 3. The Morgan fingerprint density at radius 2 is 2.15 bits per heavy atom. The number of carbonyl (C=O) groups is 1. The second-order valence-electron chi connectivity index (χ2n) is 6.64. The Hall–Kier alpha value is -2.61. The normalized spacial score (nSPS) is 16.9. The maximum Gasteiger partial charge on any atom is 0.339 e. The SMILES string of the molecule is Cc1cc(OC2CCN(C(=O)c3c4ccc(Br)cc4nn3C)C2)cc(=O)o1. The Morgan fingerprint density at radius 3 is 2.93 bits per heavy atom. The van der Waals surface area contributed by atoms with E-state index >= 15 is 0 Å². The number of aromatic nitrogens is 2. The summed E-state index contributed by atoms with van der Waals surface area (Å²) in [5.41, 5.74) is 0.895. The lowest BCUT2D eigenvalue weighted by atomic mass is 10.2. The van der Waals surface area contributed by atoms with Gasteiger partial charge in [0.15, 0.2) is 0 Å². The van der Waals surface area contributed by atoms with Gasteiger partial charge >= 0.3 is 5.63 Å². The van der Waals surface area contributed by atoms with E-state index in [1.54, 1.807) is 29.6 Å². The Labute approximate surface area is 163 Å². The lowest BCUT2D eigenvalue weighted by molar-refractivity contribution is 0.0763. The van der Waals surface area contributed by atoms with E-state index in [4.69, 9.17) is 9.15 Å². The van der Waals surface area contributed by atoms with Gasteiger partial charge in [0.05, 0.1) is 18.1 Å². The van der Waals surface area contributed by atoms with Crippen molar-refractivity contribution < 1.29 is 13.9 Å². The molecule has 8 heteroatoms. The smallest absolute Gasteiger partial charge is 0.339 e. The Bertz CT molecular complexity index is 1090. The minimum atomic E-state index is -0.441. The maximum absolute atomic E-state index is 13.1. The molecule has 2 aromatic heterocycles. The number of aryl methyl sites for hydroxylation is 2. The maximum atomic E-state index is 13.1. The summed E-state index contributed by atoms with van der Waals surface area (Å²) in [6, 6.07) is 8.70. The molecule has 3 heterocycles. The van der Waals surface area contributed by atoms with Gasteiger partial charge in [-0.15, -0.1) is 0 Å². The van der Waals surface area contributed by atoms with Crippen LogP contribution < -0.4 is 10.4 Å². The zero-order valence-electron chi connectivity index (χ0n) is 14.9. The molecule has 4 rings (SSSR count). The van der Waals surface area contributed by atoms with Crippen molar-refractivity contribution >= 4 is 32.7 Å². The zero-order valence-corrected chi connectivity index (χ0v) is 16.5. The molecule has 0 radical (unpaired) electrons. The summed E-state index contributed by atoms with van der Waals surface area (Å²) in [7, 11) is 1.78. The second kappa shape index (κ2) is 6.84. The first kappa shape index (κ1) is 17.8. The van der Waals surface area contributed by atoms with Crippen LogP contribution in [0.15, 0.2) is 44.0 Å². The van der Waals surface area contributed by atoms with Crippen molar-refractivity contribution in [3.63, 3.8) is 0 Å². The number of fused-ring (bicyclic) bond motifs is 1. The molecule has 1 aliphatic heterocycles. The van der Waals surface area contributed by atoms with E-state index in [0.717, 1.165) is 15.4 Å². The Kier molecular flexibility index (Phi) is 4.51. The molecule has 0 bridgehead atoms. The molecule has 1 saturated heterocycles. The predicted molar refractivity (Wildman–Crippen MR) is 103 cm³/mol. The number of likely N-dealkylation sites (tertiary alicyclic amines) is 1. The van der Waals surface area contributed by atoms with E-state index < -0.39 is 5.63 Å². The zero-order chi connectivity index (χ0) is 19.1. The van der Waals surface area contributed by atoms with Crippen molar-refractivity contribution in [2.24, 2.45) is 7.05 Å². The number of halogens is 1. The second-order valence-corrected chi connectivity index (χ2v) is 7.55. The largest absolute Gasteiger partial charge is 0.488 e. The van der Waals surface area contributed by atoms with Crippen LogP contribution in [0.25, 0.3) is 10.9 Å². The summed E-state index contributed by atoms with van der Waals surface area (Å²) in [6.07, 6.45) is 0.538. The van der Waals surface area contributed by atoms with Crippen molar-refractivity contribution in [3.8, 4) is 5.75 Å². The summed E-state index contributed by atoms with van der Waals surface area (Å²) in [6.45, 7) is 2.75. The van der Waals surface area contributed by atoms with Crippen molar-refractivity contribution in [1.82, 2.24) is 14.7 Å². The minimum absolute atomic E-state index is 0.0721. The summed E-state index contributed by atoms with van der Waals surface area (Å²) < 4.78 is 13.4. The number of carbonyl (C=O) groups excluding carboxylic acids is 1. The van der Waals surface area contributed by atoms with Crippen LogP contribution in [0.1, 0.15) is 22.7 Å². The average molecular weight is 432 g/mol. The van der Waals surface area contributed by atoms with E-state index in [1.807, 2.05) is 18.2 Å². The van der Waals surface area contributed by atoms with Crippen LogP contribution in [0, 0.1) is 6.92 Å². The summed E-state index contributed by atoms with van der Waals surface area (Å²) in [4.78, 5) is 26.3.